The fourth-order valence-electron chi connectivity index (χ4n) is 3.95. The molecule has 6 heteroatoms. The normalized spacial score (nSPS) is 18.8. The molecule has 2 aliphatic rings. The Balaban J connectivity index is 1.52. The van der Waals surface area contributed by atoms with Gasteiger partial charge in [-0.25, -0.2) is 0 Å². The van der Waals surface area contributed by atoms with Crippen LogP contribution in [0.25, 0.3) is 0 Å². The summed E-state index contributed by atoms with van der Waals surface area (Å²) in [5, 5.41) is 6.95. The summed E-state index contributed by atoms with van der Waals surface area (Å²) >= 11 is 0. The van der Waals surface area contributed by atoms with Crippen molar-refractivity contribution in [3.63, 3.8) is 0 Å². The molecule has 0 aromatic heterocycles. The van der Waals surface area contributed by atoms with Gasteiger partial charge in [0.25, 0.3) is 0 Å². The largest absolute Gasteiger partial charge is 0.490 e. The molecule has 1 aliphatic heterocycles. The van der Waals surface area contributed by atoms with E-state index in [0.717, 1.165) is 49.0 Å². The van der Waals surface area contributed by atoms with Gasteiger partial charge < -0.3 is 24.8 Å². The molecular formula is C21H33N3O3. The summed E-state index contributed by atoms with van der Waals surface area (Å²) in [7, 11) is 3.60. The molecule has 1 fully saturated rings. The second-order valence-electron chi connectivity index (χ2n) is 7.56. The van der Waals surface area contributed by atoms with Crippen LogP contribution in [0.3, 0.4) is 0 Å². The number of methoxy groups -OCH3 is 1. The predicted octanol–water partition coefficient (Wildman–Crippen LogP) is 3.11. The van der Waals surface area contributed by atoms with Crippen LogP contribution in [0.4, 0.5) is 0 Å². The van der Waals surface area contributed by atoms with E-state index in [4.69, 9.17) is 14.2 Å². The molecule has 27 heavy (non-hydrogen) atoms. The third kappa shape index (κ3) is 5.51. The Morgan fingerprint density at radius 2 is 1.89 bits per heavy atom. The molecule has 0 bridgehead atoms. The zero-order chi connectivity index (χ0) is 19.0. The summed E-state index contributed by atoms with van der Waals surface area (Å²) in [6, 6.07) is 6.12. The van der Waals surface area contributed by atoms with Crippen molar-refractivity contribution in [2.24, 2.45) is 10.4 Å². The third-order valence-corrected chi connectivity index (χ3v) is 5.63. The highest BCUT2D eigenvalue weighted by atomic mass is 16.5. The van der Waals surface area contributed by atoms with Crippen molar-refractivity contribution in [3.8, 4) is 11.5 Å². The lowest BCUT2D eigenvalue weighted by atomic mass is 9.83. The quantitative estimate of drug-likeness (QED) is 0.566. The monoisotopic (exact) mass is 375 g/mol. The van der Waals surface area contributed by atoms with Crippen molar-refractivity contribution in [3.05, 3.63) is 23.8 Å². The molecule has 1 saturated carbocycles. The number of fused-ring (bicyclic) bond motifs is 1. The lowest BCUT2D eigenvalue weighted by Gasteiger charge is -2.30. The maximum atomic E-state index is 5.78. The van der Waals surface area contributed by atoms with E-state index in [1.807, 2.05) is 13.1 Å². The minimum Gasteiger partial charge on any atom is -0.490 e. The first kappa shape index (κ1) is 19.8. The number of hydrogen-bond donors (Lipinski definition) is 2. The fourth-order valence-corrected chi connectivity index (χ4v) is 3.95. The Hall–Kier alpha value is -1.95. The first-order valence-corrected chi connectivity index (χ1v) is 10.1. The molecule has 6 nitrogen and oxygen atoms in total. The average molecular weight is 376 g/mol. The molecule has 1 aliphatic carbocycles. The maximum Gasteiger partial charge on any atom is 0.191 e. The highest BCUT2D eigenvalue weighted by Crippen LogP contribution is 2.40. The first-order chi connectivity index (χ1) is 13.2. The lowest BCUT2D eigenvalue weighted by Crippen LogP contribution is -2.43. The van der Waals surface area contributed by atoms with Crippen molar-refractivity contribution in [1.82, 2.24) is 10.6 Å². The van der Waals surface area contributed by atoms with Crippen LogP contribution in [-0.2, 0) is 11.3 Å². The van der Waals surface area contributed by atoms with E-state index in [1.165, 1.54) is 25.7 Å². The Labute approximate surface area is 162 Å². The zero-order valence-corrected chi connectivity index (χ0v) is 16.7. The van der Waals surface area contributed by atoms with Crippen molar-refractivity contribution < 1.29 is 14.2 Å². The van der Waals surface area contributed by atoms with Crippen molar-refractivity contribution >= 4 is 5.96 Å². The first-order valence-electron chi connectivity index (χ1n) is 10.1. The highest BCUT2D eigenvalue weighted by Gasteiger charge is 2.33. The molecule has 0 radical (unpaired) electrons. The van der Waals surface area contributed by atoms with Crippen LogP contribution in [0.2, 0.25) is 0 Å². The number of aliphatic imine (C=N–C) groups is 1. The van der Waals surface area contributed by atoms with Crippen molar-refractivity contribution in [2.45, 2.75) is 45.1 Å². The molecule has 0 amide bonds. The van der Waals surface area contributed by atoms with Crippen LogP contribution in [0.5, 0.6) is 11.5 Å². The third-order valence-electron chi connectivity index (χ3n) is 5.63. The van der Waals surface area contributed by atoms with E-state index in [0.29, 0.717) is 25.2 Å². The molecule has 0 spiro atoms. The van der Waals surface area contributed by atoms with E-state index in [1.54, 1.807) is 7.11 Å². The molecule has 1 aromatic carbocycles. The van der Waals surface area contributed by atoms with Gasteiger partial charge in [0.15, 0.2) is 17.5 Å². The Bertz CT molecular complexity index is 627. The van der Waals surface area contributed by atoms with E-state index in [9.17, 15) is 0 Å². The summed E-state index contributed by atoms with van der Waals surface area (Å²) in [4.78, 5) is 4.39. The van der Waals surface area contributed by atoms with Gasteiger partial charge in [0.2, 0.25) is 0 Å². The number of nitrogens with zero attached hydrogens (tertiary/aromatic N) is 1. The van der Waals surface area contributed by atoms with E-state index >= 15 is 0 Å². The predicted molar refractivity (Wildman–Crippen MR) is 108 cm³/mol. The minimum absolute atomic E-state index is 0.336. The van der Waals surface area contributed by atoms with E-state index < -0.39 is 0 Å². The van der Waals surface area contributed by atoms with Gasteiger partial charge in [-0.05, 0) is 42.4 Å². The molecular weight excluding hydrogens is 342 g/mol. The van der Waals surface area contributed by atoms with E-state index in [-0.39, 0.29) is 0 Å². The van der Waals surface area contributed by atoms with Gasteiger partial charge >= 0.3 is 0 Å². The molecule has 0 atom stereocenters. The van der Waals surface area contributed by atoms with Gasteiger partial charge in [-0.3, -0.25) is 4.99 Å². The van der Waals surface area contributed by atoms with Gasteiger partial charge in [0, 0.05) is 40.3 Å². The zero-order valence-electron chi connectivity index (χ0n) is 16.7. The Morgan fingerprint density at radius 1 is 1.11 bits per heavy atom. The molecule has 0 saturated heterocycles. The SMILES string of the molecule is CN=C(NCc1ccc2c(c1)OCCCO2)NCC1(CCOC)CCCC1. The van der Waals surface area contributed by atoms with Crippen LogP contribution < -0.4 is 20.1 Å². The topological polar surface area (TPSA) is 64.1 Å². The van der Waals surface area contributed by atoms with Gasteiger partial charge in [0.05, 0.1) is 13.2 Å². The van der Waals surface area contributed by atoms with Crippen LogP contribution in [0, 0.1) is 5.41 Å². The van der Waals surface area contributed by atoms with Gasteiger partial charge in [-0.15, -0.1) is 0 Å². The number of hydrogen-bond acceptors (Lipinski definition) is 4. The fraction of sp³-hybridized carbons (Fsp3) is 0.667. The number of rotatable bonds is 7. The Morgan fingerprint density at radius 3 is 2.63 bits per heavy atom. The average Bonchev–Trinajstić information content (AvgIpc) is 3.04. The minimum atomic E-state index is 0.336. The number of benzene rings is 1. The molecule has 1 aromatic rings. The molecule has 150 valence electrons. The molecule has 2 N–H and O–H groups in total. The highest BCUT2D eigenvalue weighted by molar-refractivity contribution is 5.79. The van der Waals surface area contributed by atoms with Gasteiger partial charge in [-0.1, -0.05) is 18.9 Å². The van der Waals surface area contributed by atoms with Crippen LogP contribution in [-0.4, -0.2) is 46.5 Å². The van der Waals surface area contributed by atoms with Crippen molar-refractivity contribution in [1.29, 1.82) is 0 Å². The molecule has 1 heterocycles. The number of ether oxygens (including phenoxy) is 3. The van der Waals surface area contributed by atoms with E-state index in [2.05, 4.69) is 27.8 Å². The summed E-state index contributed by atoms with van der Waals surface area (Å²) < 4.78 is 16.8. The molecule has 0 unspecified atom stereocenters. The van der Waals surface area contributed by atoms with Crippen molar-refractivity contribution in [2.75, 3.05) is 40.5 Å². The summed E-state index contributed by atoms with van der Waals surface area (Å²) in [5.74, 6) is 2.50. The number of guanidine groups is 1. The van der Waals surface area contributed by atoms with Crippen LogP contribution in [0.1, 0.15) is 44.1 Å². The standard InChI is InChI=1S/C21H33N3O3/c1-22-20(24-16-21(10-13-25-2)8-3-4-9-21)23-15-17-6-7-18-19(14-17)27-12-5-11-26-18/h6-7,14H,3-5,8-13,15-16H2,1-2H3,(H2,22,23,24). The lowest BCUT2D eigenvalue weighted by molar-refractivity contribution is 0.138. The van der Waals surface area contributed by atoms with Crippen LogP contribution >= 0.6 is 0 Å². The molecule has 3 rings (SSSR count). The van der Waals surface area contributed by atoms with Gasteiger partial charge in [-0.2, -0.15) is 0 Å². The second-order valence-corrected chi connectivity index (χ2v) is 7.56. The summed E-state index contributed by atoms with van der Waals surface area (Å²) in [6.45, 7) is 3.88. The number of nitrogens with one attached hydrogen (secondary N) is 2. The van der Waals surface area contributed by atoms with Gasteiger partial charge in [0.1, 0.15) is 0 Å². The Kier molecular flexibility index (Phi) is 7.21. The smallest absolute Gasteiger partial charge is 0.191 e. The summed E-state index contributed by atoms with van der Waals surface area (Å²) in [6.07, 6.45) is 7.19. The second kappa shape index (κ2) is 9.83. The van der Waals surface area contributed by atoms with Crippen LogP contribution in [0.15, 0.2) is 23.2 Å². The summed E-state index contributed by atoms with van der Waals surface area (Å²) in [5.41, 5.74) is 1.49. The maximum absolute atomic E-state index is 5.78.